The van der Waals surface area contributed by atoms with Gasteiger partial charge in [-0.1, -0.05) is 6.07 Å². The third-order valence-electron chi connectivity index (χ3n) is 4.68. The maximum Gasteiger partial charge on any atom is 0.302 e. The van der Waals surface area contributed by atoms with E-state index in [4.69, 9.17) is 9.47 Å². The zero-order valence-corrected chi connectivity index (χ0v) is 17.7. The number of pyridine rings is 1. The molecule has 6 nitrogen and oxygen atoms in total. The molecular formula is C21H22BrFN2O4. The number of halogens is 2. The largest absolute Gasteiger partial charge is 0.477 e. The van der Waals surface area contributed by atoms with Gasteiger partial charge in [-0.25, -0.2) is 9.37 Å². The maximum absolute atomic E-state index is 13.1. The second-order valence-electron chi connectivity index (χ2n) is 6.98. The van der Waals surface area contributed by atoms with Crippen molar-refractivity contribution in [2.24, 2.45) is 5.92 Å². The summed E-state index contributed by atoms with van der Waals surface area (Å²) >= 11 is 3.44. The Labute approximate surface area is 177 Å². The van der Waals surface area contributed by atoms with Gasteiger partial charge in [-0.3, -0.25) is 9.59 Å². The lowest BCUT2D eigenvalue weighted by atomic mass is 9.98. The van der Waals surface area contributed by atoms with Crippen molar-refractivity contribution >= 4 is 27.8 Å². The van der Waals surface area contributed by atoms with Crippen LogP contribution in [0.25, 0.3) is 0 Å². The molecule has 0 spiro atoms. The summed E-state index contributed by atoms with van der Waals surface area (Å²) in [6.07, 6.45) is 2.94. The lowest BCUT2D eigenvalue weighted by molar-refractivity contribution is -0.142. The molecule has 1 atom stereocenters. The molecular weight excluding hydrogens is 443 g/mol. The van der Waals surface area contributed by atoms with Gasteiger partial charge in [0, 0.05) is 36.5 Å². The Morgan fingerprint density at radius 3 is 2.86 bits per heavy atom. The number of nitrogens with zero attached hydrogens (tertiary/aromatic N) is 2. The number of carbonyl (C=O) groups is 2. The quantitative estimate of drug-likeness (QED) is 0.604. The summed E-state index contributed by atoms with van der Waals surface area (Å²) in [5.41, 5.74) is 1.29. The number of benzene rings is 1. The van der Waals surface area contributed by atoms with Gasteiger partial charge in [0.15, 0.2) is 0 Å². The average Bonchev–Trinajstić information content (AvgIpc) is 2.72. The smallest absolute Gasteiger partial charge is 0.302 e. The van der Waals surface area contributed by atoms with Crippen molar-refractivity contribution in [1.82, 2.24) is 9.88 Å². The van der Waals surface area contributed by atoms with E-state index in [9.17, 15) is 14.0 Å². The molecule has 0 aliphatic carbocycles. The third-order valence-corrected chi connectivity index (χ3v) is 5.37. The van der Waals surface area contributed by atoms with Crippen molar-refractivity contribution in [3.8, 4) is 5.88 Å². The van der Waals surface area contributed by atoms with Gasteiger partial charge in [-0.15, -0.1) is 0 Å². The Bertz CT molecular complexity index is 875. The first-order valence-electron chi connectivity index (χ1n) is 9.38. The lowest BCUT2D eigenvalue weighted by Gasteiger charge is -2.33. The number of amides is 1. The first-order chi connectivity index (χ1) is 13.9. The van der Waals surface area contributed by atoms with Crippen LogP contribution >= 0.6 is 15.9 Å². The molecule has 1 aliphatic heterocycles. The van der Waals surface area contributed by atoms with Gasteiger partial charge in [0.25, 0.3) is 5.91 Å². The molecule has 3 rings (SSSR count). The minimum absolute atomic E-state index is 0.0776. The fourth-order valence-corrected chi connectivity index (χ4v) is 3.63. The van der Waals surface area contributed by atoms with Gasteiger partial charge in [0.05, 0.1) is 18.4 Å². The van der Waals surface area contributed by atoms with Crippen LogP contribution in [0.5, 0.6) is 5.88 Å². The topological polar surface area (TPSA) is 68.7 Å². The number of piperidine rings is 1. The molecule has 2 heterocycles. The fourth-order valence-electron chi connectivity index (χ4n) is 3.22. The maximum atomic E-state index is 13.1. The van der Waals surface area contributed by atoms with Gasteiger partial charge in [0.1, 0.15) is 12.4 Å². The van der Waals surface area contributed by atoms with E-state index in [2.05, 4.69) is 20.9 Å². The molecule has 0 radical (unpaired) electrons. The molecule has 0 bridgehead atoms. The monoisotopic (exact) mass is 464 g/mol. The van der Waals surface area contributed by atoms with E-state index >= 15 is 0 Å². The minimum atomic E-state index is -0.409. The highest BCUT2D eigenvalue weighted by Gasteiger charge is 2.26. The zero-order valence-electron chi connectivity index (χ0n) is 16.1. The van der Waals surface area contributed by atoms with Crippen molar-refractivity contribution in [3.05, 3.63) is 57.9 Å². The van der Waals surface area contributed by atoms with E-state index in [0.717, 1.165) is 24.6 Å². The Morgan fingerprint density at radius 1 is 1.31 bits per heavy atom. The van der Waals surface area contributed by atoms with Gasteiger partial charge in [-0.05, 0) is 52.5 Å². The summed E-state index contributed by atoms with van der Waals surface area (Å²) < 4.78 is 24.3. The number of rotatable bonds is 6. The molecule has 29 heavy (non-hydrogen) atoms. The zero-order chi connectivity index (χ0) is 20.8. The molecule has 1 saturated heterocycles. The van der Waals surface area contributed by atoms with Crippen LogP contribution in [-0.2, 0) is 16.1 Å². The van der Waals surface area contributed by atoms with Crippen LogP contribution in [0, 0.1) is 11.7 Å². The lowest BCUT2D eigenvalue weighted by Crippen LogP contribution is -2.41. The normalized spacial score (nSPS) is 16.4. The Kier molecular flexibility index (Phi) is 7.19. The van der Waals surface area contributed by atoms with E-state index in [1.165, 1.54) is 19.1 Å². The summed E-state index contributed by atoms with van der Waals surface area (Å²) in [7, 11) is 0. The van der Waals surface area contributed by atoms with E-state index < -0.39 is 5.82 Å². The van der Waals surface area contributed by atoms with Crippen molar-refractivity contribution < 1.29 is 23.5 Å². The standard InChI is InChI=1S/C21H22BrFN2O4/c1-14(26)28-12-15-4-6-19(22)18(9-15)21(27)25-8-2-3-16(11-25)13-29-20-7-5-17(23)10-24-20/h4-7,9-10,16H,2-3,8,11-13H2,1H3. The molecule has 8 heteroatoms. The Morgan fingerprint density at radius 2 is 2.14 bits per heavy atom. The minimum Gasteiger partial charge on any atom is -0.477 e. The van der Waals surface area contributed by atoms with Gasteiger partial charge in [0.2, 0.25) is 5.88 Å². The van der Waals surface area contributed by atoms with Crippen LogP contribution in [0.15, 0.2) is 41.0 Å². The number of ether oxygens (including phenoxy) is 2. The molecule has 0 saturated carbocycles. The first-order valence-corrected chi connectivity index (χ1v) is 10.2. The molecule has 1 unspecified atom stereocenters. The number of likely N-dealkylation sites (tertiary alicyclic amines) is 1. The summed E-state index contributed by atoms with van der Waals surface area (Å²) in [6.45, 7) is 3.13. The predicted octanol–water partition coefficient (Wildman–Crippen LogP) is 3.98. The van der Waals surface area contributed by atoms with Crippen LogP contribution in [0.3, 0.4) is 0 Å². The van der Waals surface area contributed by atoms with Crippen molar-refractivity contribution in [3.63, 3.8) is 0 Å². The number of aromatic nitrogens is 1. The molecule has 1 amide bonds. The molecule has 2 aromatic rings. The average molecular weight is 465 g/mol. The third kappa shape index (κ3) is 6.00. The first kappa shape index (κ1) is 21.2. The number of esters is 1. The van der Waals surface area contributed by atoms with Crippen LogP contribution in [0.2, 0.25) is 0 Å². The van der Waals surface area contributed by atoms with Gasteiger partial charge >= 0.3 is 5.97 Å². The van der Waals surface area contributed by atoms with Gasteiger partial charge < -0.3 is 14.4 Å². The second-order valence-corrected chi connectivity index (χ2v) is 7.83. The highest BCUT2D eigenvalue weighted by Crippen LogP contribution is 2.24. The molecule has 1 aromatic heterocycles. The number of hydrogen-bond donors (Lipinski definition) is 0. The molecule has 1 aromatic carbocycles. The Balaban J connectivity index is 1.62. The molecule has 154 valence electrons. The highest BCUT2D eigenvalue weighted by molar-refractivity contribution is 9.10. The summed E-state index contributed by atoms with van der Waals surface area (Å²) in [6, 6.07) is 8.15. The SMILES string of the molecule is CC(=O)OCc1ccc(Br)c(C(=O)N2CCCC(COc3ccc(F)cn3)C2)c1. The highest BCUT2D eigenvalue weighted by atomic mass is 79.9. The van der Waals surface area contributed by atoms with E-state index in [1.807, 2.05) is 11.0 Å². The number of hydrogen-bond acceptors (Lipinski definition) is 5. The van der Waals surface area contributed by atoms with E-state index in [-0.39, 0.29) is 24.4 Å². The van der Waals surface area contributed by atoms with Crippen molar-refractivity contribution in [2.45, 2.75) is 26.4 Å². The van der Waals surface area contributed by atoms with Crippen LogP contribution in [0.1, 0.15) is 35.7 Å². The fraction of sp³-hybridized carbons (Fsp3) is 0.381. The van der Waals surface area contributed by atoms with Crippen molar-refractivity contribution in [2.75, 3.05) is 19.7 Å². The van der Waals surface area contributed by atoms with E-state index in [0.29, 0.717) is 35.6 Å². The molecule has 0 N–H and O–H groups in total. The molecule has 1 fully saturated rings. The predicted molar refractivity (Wildman–Crippen MR) is 108 cm³/mol. The van der Waals surface area contributed by atoms with Crippen LogP contribution < -0.4 is 4.74 Å². The summed E-state index contributed by atoms with van der Waals surface area (Å²) in [5.74, 6) is -0.312. The molecule has 1 aliphatic rings. The van der Waals surface area contributed by atoms with Crippen LogP contribution in [0.4, 0.5) is 4.39 Å². The summed E-state index contributed by atoms with van der Waals surface area (Å²) in [5, 5.41) is 0. The summed E-state index contributed by atoms with van der Waals surface area (Å²) in [4.78, 5) is 29.8. The van der Waals surface area contributed by atoms with Crippen LogP contribution in [-0.4, -0.2) is 41.5 Å². The second kappa shape index (κ2) is 9.82. The Hall–Kier alpha value is -2.48. The van der Waals surface area contributed by atoms with Gasteiger partial charge in [-0.2, -0.15) is 0 Å². The van der Waals surface area contributed by atoms with E-state index in [1.54, 1.807) is 12.1 Å². The number of carbonyl (C=O) groups excluding carboxylic acids is 2. The van der Waals surface area contributed by atoms with Crippen molar-refractivity contribution in [1.29, 1.82) is 0 Å².